The van der Waals surface area contributed by atoms with Crippen LogP contribution in [0.5, 0.6) is 0 Å². The Morgan fingerprint density at radius 1 is 1.24 bits per heavy atom. The average molecular weight is 309 g/mol. The maximum atomic E-state index is 12.2. The third kappa shape index (κ3) is 5.23. The van der Waals surface area contributed by atoms with Crippen LogP contribution in [0.15, 0.2) is 30.3 Å². The van der Waals surface area contributed by atoms with Crippen molar-refractivity contribution in [3.8, 4) is 0 Å². The Morgan fingerprint density at radius 2 is 1.81 bits per heavy atom. The van der Waals surface area contributed by atoms with Crippen molar-refractivity contribution in [1.82, 2.24) is 5.32 Å². The van der Waals surface area contributed by atoms with Gasteiger partial charge in [0.1, 0.15) is 11.8 Å². The zero-order valence-corrected chi connectivity index (χ0v) is 12.8. The molecule has 0 aliphatic heterocycles. The first kappa shape index (κ1) is 17.2. The van der Waals surface area contributed by atoms with Gasteiger partial charge in [-0.05, 0) is 25.8 Å². The molecule has 21 heavy (non-hydrogen) atoms. The Labute approximate surface area is 129 Å². The fourth-order valence-corrected chi connectivity index (χ4v) is 2.12. The van der Waals surface area contributed by atoms with E-state index in [1.165, 1.54) is 13.8 Å². The number of hydrogen-bond donors (Lipinski definition) is 3. The van der Waals surface area contributed by atoms with Crippen molar-refractivity contribution in [2.75, 3.05) is 0 Å². The molecule has 114 valence electrons. The molecule has 0 aliphatic rings. The second-order valence-electron chi connectivity index (χ2n) is 4.92. The highest BCUT2D eigenvalue weighted by Gasteiger charge is 2.30. The monoisotopic (exact) mass is 309 g/mol. The molecule has 0 bridgehead atoms. The van der Waals surface area contributed by atoms with Gasteiger partial charge in [0.2, 0.25) is 5.91 Å². The lowest BCUT2D eigenvalue weighted by Gasteiger charge is -2.22. The van der Waals surface area contributed by atoms with E-state index in [0.29, 0.717) is 6.42 Å². The molecule has 1 aromatic carbocycles. The lowest BCUT2D eigenvalue weighted by molar-refractivity contribution is -0.142. The normalized spacial score (nSPS) is 14.8. The van der Waals surface area contributed by atoms with Gasteiger partial charge in [0, 0.05) is 0 Å². The van der Waals surface area contributed by atoms with Crippen molar-refractivity contribution in [2.24, 2.45) is 5.92 Å². The summed E-state index contributed by atoms with van der Waals surface area (Å²) >= 11 is 4.21. The average Bonchev–Trinajstić information content (AvgIpc) is 2.44. The van der Waals surface area contributed by atoms with Crippen LogP contribution in [0.2, 0.25) is 0 Å². The van der Waals surface area contributed by atoms with Crippen molar-refractivity contribution in [3.63, 3.8) is 0 Å². The van der Waals surface area contributed by atoms with Crippen LogP contribution in [0.4, 0.5) is 0 Å². The molecule has 6 heteroatoms. The van der Waals surface area contributed by atoms with Gasteiger partial charge in [-0.3, -0.25) is 14.4 Å². The number of thiol groups is 1. The summed E-state index contributed by atoms with van der Waals surface area (Å²) in [6, 6.07) is 8.22. The standard InChI is InChI=1S/C15H19NO4S/c1-9(15(19)20)16-14(18)12(13(21)10(2)17)8-11-6-4-3-5-7-11/h3-7,9,12-13,21H,8H2,1-2H3,(H,16,18)(H,19,20)/t9-,12?,13?/m0/s1. The van der Waals surface area contributed by atoms with Crippen molar-refractivity contribution < 1.29 is 19.5 Å². The summed E-state index contributed by atoms with van der Waals surface area (Å²) in [5.41, 5.74) is 0.890. The number of carboxylic acid groups (broad SMARTS) is 1. The molecule has 2 unspecified atom stereocenters. The third-order valence-corrected chi connectivity index (χ3v) is 3.89. The lowest BCUT2D eigenvalue weighted by Crippen LogP contribution is -2.45. The molecule has 0 fully saturated rings. The molecular formula is C15H19NO4S. The van der Waals surface area contributed by atoms with Gasteiger partial charge >= 0.3 is 5.97 Å². The number of hydrogen-bond acceptors (Lipinski definition) is 4. The predicted octanol–water partition coefficient (Wildman–Crippen LogP) is 1.32. The van der Waals surface area contributed by atoms with E-state index in [-0.39, 0.29) is 5.78 Å². The molecule has 0 saturated carbocycles. The van der Waals surface area contributed by atoms with Crippen LogP contribution >= 0.6 is 12.6 Å². The first-order valence-corrected chi connectivity index (χ1v) is 7.10. The summed E-state index contributed by atoms with van der Waals surface area (Å²) < 4.78 is 0. The molecule has 1 aromatic rings. The summed E-state index contributed by atoms with van der Waals surface area (Å²) in [6.45, 7) is 2.74. The number of amides is 1. The van der Waals surface area contributed by atoms with Crippen LogP contribution in [-0.2, 0) is 20.8 Å². The second kappa shape index (κ2) is 7.83. The summed E-state index contributed by atoms with van der Waals surface area (Å²) in [6.07, 6.45) is 0.326. The van der Waals surface area contributed by atoms with Gasteiger partial charge in [-0.2, -0.15) is 12.6 Å². The highest BCUT2D eigenvalue weighted by Crippen LogP contribution is 2.18. The number of benzene rings is 1. The second-order valence-corrected chi connectivity index (χ2v) is 5.48. The summed E-state index contributed by atoms with van der Waals surface area (Å²) in [4.78, 5) is 34.6. The van der Waals surface area contributed by atoms with Gasteiger partial charge in [-0.25, -0.2) is 0 Å². The highest BCUT2D eigenvalue weighted by molar-refractivity contribution is 7.81. The minimum atomic E-state index is -1.12. The van der Waals surface area contributed by atoms with Crippen molar-refractivity contribution in [3.05, 3.63) is 35.9 Å². The van der Waals surface area contributed by atoms with Crippen molar-refractivity contribution in [1.29, 1.82) is 0 Å². The van der Waals surface area contributed by atoms with E-state index < -0.39 is 29.1 Å². The summed E-state index contributed by atoms with van der Waals surface area (Å²) in [7, 11) is 0. The number of aliphatic carboxylic acids is 1. The number of carbonyl (C=O) groups is 3. The van der Waals surface area contributed by atoms with E-state index in [1.807, 2.05) is 30.3 Å². The van der Waals surface area contributed by atoms with Crippen LogP contribution in [0.3, 0.4) is 0 Å². The molecule has 5 nitrogen and oxygen atoms in total. The molecule has 0 aliphatic carbocycles. The van der Waals surface area contributed by atoms with Gasteiger partial charge in [0.15, 0.2) is 0 Å². The number of carbonyl (C=O) groups excluding carboxylic acids is 2. The Bertz CT molecular complexity index is 518. The molecule has 3 atom stereocenters. The molecule has 0 spiro atoms. The molecular weight excluding hydrogens is 290 g/mol. The Balaban J connectivity index is 2.89. The minimum absolute atomic E-state index is 0.225. The zero-order valence-electron chi connectivity index (χ0n) is 11.9. The number of rotatable bonds is 7. The van der Waals surface area contributed by atoms with Gasteiger partial charge in [0.25, 0.3) is 0 Å². The Morgan fingerprint density at radius 3 is 2.29 bits per heavy atom. The molecule has 0 radical (unpaired) electrons. The predicted molar refractivity (Wildman–Crippen MR) is 82.3 cm³/mol. The van der Waals surface area contributed by atoms with Gasteiger partial charge in [-0.1, -0.05) is 30.3 Å². The largest absolute Gasteiger partial charge is 0.480 e. The number of Topliss-reactive ketones (excluding diaryl/α,β-unsaturated/α-hetero) is 1. The summed E-state index contributed by atoms with van der Waals surface area (Å²) in [5, 5.41) is 10.5. The highest BCUT2D eigenvalue weighted by atomic mass is 32.1. The van der Waals surface area contributed by atoms with Gasteiger partial charge < -0.3 is 10.4 Å². The number of nitrogens with one attached hydrogen (secondary N) is 1. The number of carboxylic acids is 1. The summed E-state index contributed by atoms with van der Waals surface area (Å²) in [5.74, 6) is -2.54. The van der Waals surface area contributed by atoms with E-state index in [2.05, 4.69) is 17.9 Å². The quantitative estimate of drug-likeness (QED) is 0.663. The zero-order chi connectivity index (χ0) is 16.0. The van der Waals surface area contributed by atoms with Crippen molar-refractivity contribution in [2.45, 2.75) is 31.6 Å². The molecule has 1 amide bonds. The van der Waals surface area contributed by atoms with Gasteiger partial charge in [-0.15, -0.1) is 0 Å². The Hall–Kier alpha value is -1.82. The van der Waals surface area contributed by atoms with Crippen LogP contribution in [-0.4, -0.2) is 34.1 Å². The van der Waals surface area contributed by atoms with E-state index >= 15 is 0 Å². The topological polar surface area (TPSA) is 83.5 Å². The fourth-order valence-electron chi connectivity index (χ4n) is 1.88. The van der Waals surface area contributed by atoms with Gasteiger partial charge in [0.05, 0.1) is 11.2 Å². The molecule has 2 N–H and O–H groups in total. The van der Waals surface area contributed by atoms with Crippen molar-refractivity contribution >= 4 is 30.3 Å². The molecule has 0 aromatic heterocycles. The van der Waals surface area contributed by atoms with E-state index in [9.17, 15) is 14.4 Å². The van der Waals surface area contributed by atoms with E-state index in [0.717, 1.165) is 5.56 Å². The Kier molecular flexibility index (Phi) is 6.42. The minimum Gasteiger partial charge on any atom is -0.480 e. The number of ketones is 1. The van der Waals surface area contributed by atoms with Crippen LogP contribution in [0, 0.1) is 5.92 Å². The smallest absolute Gasteiger partial charge is 0.325 e. The maximum Gasteiger partial charge on any atom is 0.325 e. The van der Waals surface area contributed by atoms with Crippen LogP contribution in [0.1, 0.15) is 19.4 Å². The van der Waals surface area contributed by atoms with E-state index in [1.54, 1.807) is 0 Å². The first-order valence-electron chi connectivity index (χ1n) is 6.58. The maximum absolute atomic E-state index is 12.2. The third-order valence-electron chi connectivity index (χ3n) is 3.16. The molecule has 0 heterocycles. The first-order chi connectivity index (χ1) is 9.82. The lowest BCUT2D eigenvalue weighted by atomic mass is 9.93. The van der Waals surface area contributed by atoms with Crippen LogP contribution in [0.25, 0.3) is 0 Å². The SMILES string of the molecule is CC(=O)C(S)C(Cc1ccccc1)C(=O)N[C@@H](C)C(=O)O. The fraction of sp³-hybridized carbons (Fsp3) is 0.400. The van der Waals surface area contributed by atoms with E-state index in [4.69, 9.17) is 5.11 Å². The molecule has 0 saturated heterocycles. The van der Waals surface area contributed by atoms with Crippen LogP contribution < -0.4 is 5.32 Å². The molecule has 1 rings (SSSR count).